The van der Waals surface area contributed by atoms with Crippen LogP contribution in [0.25, 0.3) is 11.5 Å². The molecule has 160 valence electrons. The van der Waals surface area contributed by atoms with Crippen LogP contribution in [0.2, 0.25) is 0 Å². The second kappa shape index (κ2) is 10.6. The largest absolute Gasteiger partial charge is 0.361 e. The highest BCUT2D eigenvalue weighted by Crippen LogP contribution is 2.18. The first-order valence-corrected chi connectivity index (χ1v) is 10.5. The fourth-order valence-electron chi connectivity index (χ4n) is 3.18. The zero-order valence-corrected chi connectivity index (χ0v) is 18.2. The van der Waals surface area contributed by atoms with Gasteiger partial charge in [0.05, 0.1) is 5.69 Å². The maximum Gasteiger partial charge on any atom is 0.257 e. The number of nitrogens with zero attached hydrogens (tertiary/aromatic N) is 4. The summed E-state index contributed by atoms with van der Waals surface area (Å²) in [7, 11) is 1.77. The molecule has 3 aromatic rings. The third-order valence-corrected chi connectivity index (χ3v) is 4.95. The van der Waals surface area contributed by atoms with E-state index in [1.807, 2.05) is 19.1 Å². The first-order valence-electron chi connectivity index (χ1n) is 10.5. The van der Waals surface area contributed by atoms with Crippen LogP contribution in [0.15, 0.2) is 38.3 Å². The number of guanidine groups is 1. The molecule has 0 atom stereocenters. The number of nitrogens with one attached hydrogen (secondary N) is 2. The minimum atomic E-state index is 0.563. The van der Waals surface area contributed by atoms with Crippen LogP contribution in [0.3, 0.4) is 0 Å². The summed E-state index contributed by atoms with van der Waals surface area (Å²) in [5, 5.41) is 14.8. The molecule has 1 aromatic carbocycles. The number of rotatable bonds is 9. The summed E-state index contributed by atoms with van der Waals surface area (Å²) in [6.07, 6.45) is 3.32. The highest BCUT2D eigenvalue weighted by molar-refractivity contribution is 5.79. The minimum Gasteiger partial charge on any atom is -0.361 e. The van der Waals surface area contributed by atoms with Crippen molar-refractivity contribution in [1.82, 2.24) is 25.9 Å². The van der Waals surface area contributed by atoms with Crippen molar-refractivity contribution in [3.05, 3.63) is 52.7 Å². The molecule has 2 aromatic heterocycles. The van der Waals surface area contributed by atoms with Gasteiger partial charge in [0.2, 0.25) is 0 Å². The van der Waals surface area contributed by atoms with E-state index in [2.05, 4.69) is 56.9 Å². The van der Waals surface area contributed by atoms with Crippen molar-refractivity contribution in [3.8, 4) is 11.5 Å². The first-order chi connectivity index (χ1) is 14.7. The van der Waals surface area contributed by atoms with E-state index in [4.69, 9.17) is 9.05 Å². The molecule has 30 heavy (non-hydrogen) atoms. The molecule has 0 radical (unpaired) electrons. The average Bonchev–Trinajstić information content (AvgIpc) is 3.43. The van der Waals surface area contributed by atoms with Crippen LogP contribution in [0.4, 0.5) is 0 Å². The van der Waals surface area contributed by atoms with Gasteiger partial charge in [0.15, 0.2) is 11.8 Å². The van der Waals surface area contributed by atoms with Gasteiger partial charge in [-0.2, -0.15) is 4.98 Å². The molecule has 3 rings (SSSR count). The maximum atomic E-state index is 5.42. The van der Waals surface area contributed by atoms with E-state index in [9.17, 15) is 0 Å². The van der Waals surface area contributed by atoms with Crippen molar-refractivity contribution < 1.29 is 9.05 Å². The van der Waals surface area contributed by atoms with Crippen molar-refractivity contribution in [2.45, 2.75) is 53.0 Å². The van der Waals surface area contributed by atoms with Gasteiger partial charge in [0.25, 0.3) is 5.89 Å². The van der Waals surface area contributed by atoms with Crippen molar-refractivity contribution in [2.75, 3.05) is 13.6 Å². The molecule has 0 aliphatic rings. The molecule has 0 spiro atoms. The van der Waals surface area contributed by atoms with Crippen molar-refractivity contribution in [1.29, 1.82) is 0 Å². The Morgan fingerprint density at radius 2 is 1.77 bits per heavy atom. The lowest BCUT2D eigenvalue weighted by atomic mass is 10.1. The number of aryl methyl sites for hydroxylation is 3. The number of aliphatic imine (C=N–C) groups is 1. The Morgan fingerprint density at radius 1 is 0.967 bits per heavy atom. The van der Waals surface area contributed by atoms with Crippen LogP contribution in [-0.4, -0.2) is 34.8 Å². The molecule has 0 unspecified atom stereocenters. The lowest BCUT2D eigenvalue weighted by molar-refractivity contribution is 0.380. The van der Waals surface area contributed by atoms with Gasteiger partial charge in [-0.3, -0.25) is 4.99 Å². The molecule has 8 heteroatoms. The summed E-state index contributed by atoms with van der Waals surface area (Å²) in [6.45, 7) is 7.58. The molecule has 8 nitrogen and oxygen atoms in total. The Morgan fingerprint density at radius 3 is 2.40 bits per heavy atom. The van der Waals surface area contributed by atoms with Gasteiger partial charge < -0.3 is 19.7 Å². The van der Waals surface area contributed by atoms with Gasteiger partial charge in [-0.15, -0.1) is 0 Å². The van der Waals surface area contributed by atoms with Crippen molar-refractivity contribution >= 4 is 5.96 Å². The lowest BCUT2D eigenvalue weighted by Gasteiger charge is -2.12. The van der Waals surface area contributed by atoms with Crippen LogP contribution >= 0.6 is 0 Å². The van der Waals surface area contributed by atoms with Gasteiger partial charge in [0.1, 0.15) is 5.76 Å². The summed E-state index contributed by atoms with van der Waals surface area (Å²) < 4.78 is 10.7. The van der Waals surface area contributed by atoms with E-state index in [0.29, 0.717) is 12.4 Å². The maximum absolute atomic E-state index is 5.42. The Kier molecular flexibility index (Phi) is 7.59. The number of hydrogen-bond acceptors (Lipinski definition) is 6. The molecule has 0 aliphatic carbocycles. The van der Waals surface area contributed by atoms with E-state index in [1.54, 1.807) is 7.05 Å². The van der Waals surface area contributed by atoms with Crippen LogP contribution in [0.1, 0.15) is 49.2 Å². The van der Waals surface area contributed by atoms with Crippen LogP contribution in [-0.2, 0) is 32.2 Å². The van der Waals surface area contributed by atoms with Gasteiger partial charge in [-0.1, -0.05) is 43.2 Å². The van der Waals surface area contributed by atoms with Crippen LogP contribution in [0.5, 0.6) is 0 Å². The molecule has 0 amide bonds. The Balaban J connectivity index is 1.49. The number of hydrogen-bond donors (Lipinski definition) is 2. The van der Waals surface area contributed by atoms with Crippen LogP contribution in [0, 0.1) is 0 Å². The van der Waals surface area contributed by atoms with Crippen LogP contribution < -0.4 is 10.6 Å². The summed E-state index contributed by atoms with van der Waals surface area (Å²) in [5.41, 5.74) is 4.29. The molecular formula is C22H30N6O2. The van der Waals surface area contributed by atoms with Gasteiger partial charge >= 0.3 is 0 Å². The summed E-state index contributed by atoms with van der Waals surface area (Å²) in [5.74, 6) is 2.98. The van der Waals surface area contributed by atoms with Gasteiger partial charge in [0, 0.05) is 44.1 Å². The molecule has 2 N–H and O–H groups in total. The molecule has 0 bridgehead atoms. The van der Waals surface area contributed by atoms with Gasteiger partial charge in [-0.05, 0) is 30.5 Å². The minimum absolute atomic E-state index is 0.563. The van der Waals surface area contributed by atoms with E-state index < -0.39 is 0 Å². The van der Waals surface area contributed by atoms with Gasteiger partial charge in [-0.25, -0.2) is 0 Å². The summed E-state index contributed by atoms with van der Waals surface area (Å²) in [4.78, 5) is 8.68. The highest BCUT2D eigenvalue weighted by atomic mass is 16.5. The fourth-order valence-corrected chi connectivity index (χ4v) is 3.18. The lowest BCUT2D eigenvalue weighted by Crippen LogP contribution is -2.38. The second-order valence-electron chi connectivity index (χ2n) is 6.91. The number of benzene rings is 1. The van der Waals surface area contributed by atoms with E-state index in [0.717, 1.165) is 66.6 Å². The average molecular weight is 411 g/mol. The monoisotopic (exact) mass is 410 g/mol. The summed E-state index contributed by atoms with van der Waals surface area (Å²) in [6, 6.07) is 8.20. The first kappa shape index (κ1) is 21.5. The molecular weight excluding hydrogens is 380 g/mol. The Labute approximate surface area is 177 Å². The van der Waals surface area contributed by atoms with E-state index >= 15 is 0 Å². The Hall–Kier alpha value is -3.16. The zero-order valence-electron chi connectivity index (χ0n) is 18.2. The van der Waals surface area contributed by atoms with E-state index in [-0.39, 0.29) is 0 Å². The quantitative estimate of drug-likeness (QED) is 0.412. The van der Waals surface area contributed by atoms with Crippen molar-refractivity contribution in [2.24, 2.45) is 4.99 Å². The number of aromatic nitrogens is 3. The molecule has 0 saturated carbocycles. The standard InChI is InChI=1S/C22H30N6O2/c1-5-18-17(19(6-2)29-27-18)14-25-22(23-4)24-13-12-15-8-10-16(11-9-15)21-26-20(7-3)28-30-21/h8-11H,5-7,12-14H2,1-4H3,(H2,23,24,25). The fraction of sp³-hybridized carbons (Fsp3) is 0.455. The summed E-state index contributed by atoms with van der Waals surface area (Å²) >= 11 is 0. The molecule has 0 saturated heterocycles. The third kappa shape index (κ3) is 5.25. The van der Waals surface area contributed by atoms with Crippen molar-refractivity contribution in [3.63, 3.8) is 0 Å². The highest BCUT2D eigenvalue weighted by Gasteiger charge is 2.13. The molecule has 2 heterocycles. The predicted molar refractivity (Wildman–Crippen MR) is 116 cm³/mol. The normalized spacial score (nSPS) is 11.7. The Bertz CT molecular complexity index is 937. The topological polar surface area (TPSA) is 101 Å². The zero-order chi connectivity index (χ0) is 21.3. The SMILES string of the molecule is CCc1noc(-c2ccc(CCNC(=NC)NCc3c(CC)noc3CC)cc2)n1. The predicted octanol–water partition coefficient (Wildman–Crippen LogP) is 3.32. The molecule has 0 aliphatic heterocycles. The molecule has 0 fully saturated rings. The second-order valence-corrected chi connectivity index (χ2v) is 6.91. The van der Waals surface area contributed by atoms with E-state index in [1.165, 1.54) is 5.56 Å². The third-order valence-electron chi connectivity index (χ3n) is 4.95. The smallest absolute Gasteiger partial charge is 0.257 e.